The molecule has 1 amide bonds. The molecule has 6 heteroatoms. The molecule has 2 aromatic rings. The van der Waals surface area contributed by atoms with E-state index in [9.17, 15) is 4.79 Å². The monoisotopic (exact) mass is 304 g/mol. The Hall–Kier alpha value is -1.95. The molecule has 0 saturated carbocycles. The van der Waals surface area contributed by atoms with Crippen molar-refractivity contribution in [3.63, 3.8) is 0 Å². The molecule has 0 aliphatic rings. The molecule has 0 bridgehead atoms. The van der Waals surface area contributed by atoms with Crippen LogP contribution < -0.4 is 10.6 Å². The van der Waals surface area contributed by atoms with E-state index in [1.807, 2.05) is 19.2 Å². The minimum absolute atomic E-state index is 0.163. The molecular weight excluding hydrogens is 284 g/mol. The van der Waals surface area contributed by atoms with Crippen molar-refractivity contribution >= 4 is 28.2 Å². The Balaban J connectivity index is 2.15. The highest BCUT2D eigenvalue weighted by molar-refractivity contribution is 7.14. The van der Waals surface area contributed by atoms with Crippen LogP contribution in [0.4, 0.5) is 10.9 Å². The van der Waals surface area contributed by atoms with Gasteiger partial charge in [0, 0.05) is 23.2 Å². The Morgan fingerprint density at radius 1 is 1.33 bits per heavy atom. The van der Waals surface area contributed by atoms with Crippen LogP contribution in [0.2, 0.25) is 0 Å². The number of thiazole rings is 1. The number of hydrogen-bond donors (Lipinski definition) is 2. The van der Waals surface area contributed by atoms with E-state index in [2.05, 4.69) is 34.4 Å². The predicted octanol–water partition coefficient (Wildman–Crippen LogP) is 3.65. The van der Waals surface area contributed by atoms with Gasteiger partial charge in [-0.05, 0) is 31.9 Å². The predicted molar refractivity (Wildman–Crippen MR) is 87.3 cm³/mol. The van der Waals surface area contributed by atoms with Crippen LogP contribution in [0.1, 0.15) is 48.4 Å². The first-order chi connectivity index (χ1) is 9.99. The molecule has 5 nitrogen and oxygen atoms in total. The average molecular weight is 304 g/mol. The van der Waals surface area contributed by atoms with E-state index in [1.54, 1.807) is 12.1 Å². The second kappa shape index (κ2) is 6.67. The van der Waals surface area contributed by atoms with Crippen LogP contribution in [-0.4, -0.2) is 22.4 Å². The molecule has 0 aromatic carbocycles. The maximum atomic E-state index is 12.3. The van der Waals surface area contributed by atoms with Crippen molar-refractivity contribution in [3.8, 4) is 0 Å². The number of hydrogen-bond acceptors (Lipinski definition) is 5. The van der Waals surface area contributed by atoms with Crippen molar-refractivity contribution in [1.29, 1.82) is 0 Å². The van der Waals surface area contributed by atoms with Crippen LogP contribution in [0.15, 0.2) is 17.5 Å². The van der Waals surface area contributed by atoms with E-state index in [0.717, 1.165) is 17.9 Å². The lowest BCUT2D eigenvalue weighted by molar-refractivity contribution is 0.102. The summed E-state index contributed by atoms with van der Waals surface area (Å²) in [6.45, 7) is 8.79. The van der Waals surface area contributed by atoms with Gasteiger partial charge in [0.15, 0.2) is 5.13 Å². The van der Waals surface area contributed by atoms with Crippen LogP contribution >= 0.6 is 11.3 Å². The highest BCUT2D eigenvalue weighted by atomic mass is 32.1. The van der Waals surface area contributed by atoms with E-state index in [0.29, 0.717) is 22.4 Å². The highest BCUT2D eigenvalue weighted by Gasteiger charge is 2.12. The Morgan fingerprint density at radius 3 is 2.71 bits per heavy atom. The van der Waals surface area contributed by atoms with E-state index in [1.165, 1.54) is 11.3 Å². The molecule has 0 atom stereocenters. The lowest BCUT2D eigenvalue weighted by atomic mass is 10.2. The van der Waals surface area contributed by atoms with Gasteiger partial charge in [-0.2, -0.15) is 0 Å². The number of nitrogens with one attached hydrogen (secondary N) is 2. The van der Waals surface area contributed by atoms with Crippen LogP contribution in [0.3, 0.4) is 0 Å². The molecule has 21 heavy (non-hydrogen) atoms. The third-order valence-electron chi connectivity index (χ3n) is 2.91. The molecule has 0 aliphatic carbocycles. The first-order valence-corrected chi connectivity index (χ1v) is 7.87. The molecule has 2 heterocycles. The van der Waals surface area contributed by atoms with Gasteiger partial charge in [-0.15, -0.1) is 11.3 Å². The quantitative estimate of drug-likeness (QED) is 0.884. The zero-order valence-electron chi connectivity index (χ0n) is 12.7. The molecule has 0 spiro atoms. The summed E-state index contributed by atoms with van der Waals surface area (Å²) >= 11 is 1.45. The van der Waals surface area contributed by atoms with Crippen molar-refractivity contribution in [2.24, 2.45) is 0 Å². The summed E-state index contributed by atoms with van der Waals surface area (Å²) in [4.78, 5) is 21.0. The maximum Gasteiger partial charge on any atom is 0.257 e. The van der Waals surface area contributed by atoms with E-state index < -0.39 is 0 Å². The molecule has 0 radical (unpaired) electrons. The molecular formula is C15H20N4OS. The summed E-state index contributed by atoms with van der Waals surface area (Å²) in [6, 6.07) is 3.52. The van der Waals surface area contributed by atoms with Gasteiger partial charge < -0.3 is 5.32 Å². The zero-order valence-corrected chi connectivity index (χ0v) is 13.5. The van der Waals surface area contributed by atoms with Crippen molar-refractivity contribution in [1.82, 2.24) is 9.97 Å². The zero-order chi connectivity index (χ0) is 15.4. The van der Waals surface area contributed by atoms with Crippen molar-refractivity contribution < 1.29 is 4.79 Å². The van der Waals surface area contributed by atoms with Gasteiger partial charge in [-0.25, -0.2) is 9.97 Å². The minimum Gasteiger partial charge on any atom is -0.370 e. The van der Waals surface area contributed by atoms with Gasteiger partial charge in [-0.1, -0.05) is 13.8 Å². The largest absolute Gasteiger partial charge is 0.370 e. The number of carbonyl (C=O) groups excluding carboxylic acids is 1. The van der Waals surface area contributed by atoms with Gasteiger partial charge in [0.2, 0.25) is 0 Å². The summed E-state index contributed by atoms with van der Waals surface area (Å²) in [7, 11) is 0. The molecule has 0 unspecified atom stereocenters. The van der Waals surface area contributed by atoms with Crippen LogP contribution in [-0.2, 0) is 0 Å². The molecule has 0 fully saturated rings. The summed E-state index contributed by atoms with van der Waals surface area (Å²) in [5.41, 5.74) is 2.38. The summed E-state index contributed by atoms with van der Waals surface area (Å²) in [5.74, 6) is 0.907. The second-order valence-electron chi connectivity index (χ2n) is 5.10. The van der Waals surface area contributed by atoms with Gasteiger partial charge >= 0.3 is 0 Å². The highest BCUT2D eigenvalue weighted by Crippen LogP contribution is 2.22. The summed E-state index contributed by atoms with van der Waals surface area (Å²) in [6.07, 6.45) is 0. The van der Waals surface area contributed by atoms with Crippen LogP contribution in [0.5, 0.6) is 0 Å². The smallest absolute Gasteiger partial charge is 0.257 e. The van der Waals surface area contributed by atoms with Gasteiger partial charge in [0.1, 0.15) is 5.82 Å². The van der Waals surface area contributed by atoms with Gasteiger partial charge in [0.05, 0.1) is 5.69 Å². The third-order valence-corrected chi connectivity index (χ3v) is 3.68. The van der Waals surface area contributed by atoms with E-state index in [-0.39, 0.29) is 5.91 Å². The number of carbonyl (C=O) groups is 1. The number of aryl methyl sites for hydroxylation is 1. The van der Waals surface area contributed by atoms with Crippen LogP contribution in [0, 0.1) is 6.92 Å². The topological polar surface area (TPSA) is 66.9 Å². The fourth-order valence-electron chi connectivity index (χ4n) is 1.85. The average Bonchev–Trinajstić information content (AvgIpc) is 2.87. The summed E-state index contributed by atoms with van der Waals surface area (Å²) in [5, 5.41) is 8.57. The van der Waals surface area contributed by atoms with Crippen LogP contribution in [0.25, 0.3) is 0 Å². The molecule has 2 aromatic heterocycles. The number of anilines is 2. The number of aromatic nitrogens is 2. The number of nitrogens with zero attached hydrogens (tertiary/aromatic N) is 2. The van der Waals surface area contributed by atoms with E-state index in [4.69, 9.17) is 0 Å². The van der Waals surface area contributed by atoms with Crippen molar-refractivity contribution in [2.45, 2.75) is 33.6 Å². The van der Waals surface area contributed by atoms with E-state index >= 15 is 0 Å². The first-order valence-electron chi connectivity index (χ1n) is 6.99. The Labute approximate surface area is 128 Å². The lowest BCUT2D eigenvalue weighted by Gasteiger charge is -2.07. The summed E-state index contributed by atoms with van der Waals surface area (Å²) < 4.78 is 0. The Kier molecular flexibility index (Phi) is 4.90. The normalized spacial score (nSPS) is 10.7. The number of rotatable bonds is 5. The number of amides is 1. The molecule has 2 N–H and O–H groups in total. The fraction of sp³-hybridized carbons (Fsp3) is 0.400. The first kappa shape index (κ1) is 15.4. The maximum absolute atomic E-state index is 12.3. The van der Waals surface area contributed by atoms with Crippen molar-refractivity contribution in [2.75, 3.05) is 17.2 Å². The number of pyridine rings is 1. The van der Waals surface area contributed by atoms with Crippen molar-refractivity contribution in [3.05, 3.63) is 34.5 Å². The molecule has 0 aliphatic heterocycles. The second-order valence-corrected chi connectivity index (χ2v) is 5.96. The lowest BCUT2D eigenvalue weighted by Crippen LogP contribution is -2.13. The Bertz CT molecular complexity index is 636. The Morgan fingerprint density at radius 2 is 2.10 bits per heavy atom. The van der Waals surface area contributed by atoms with Gasteiger partial charge in [-0.3, -0.25) is 10.1 Å². The molecule has 0 saturated heterocycles. The molecule has 112 valence electrons. The molecule has 2 rings (SSSR count). The minimum atomic E-state index is -0.163. The SMILES string of the molecule is CCNc1cc(C(=O)Nc2nc(C(C)C)cs2)cc(C)n1. The third kappa shape index (κ3) is 4.01. The standard InChI is InChI=1S/C15H20N4OS/c1-5-16-13-7-11(6-10(4)17-13)14(20)19-15-18-12(8-21-15)9(2)3/h6-9H,5H2,1-4H3,(H,16,17)(H,18,19,20). The fourth-order valence-corrected chi connectivity index (χ4v) is 2.72. The van der Waals surface area contributed by atoms with Gasteiger partial charge in [0.25, 0.3) is 5.91 Å².